The molecule has 2 heterocycles. The topological polar surface area (TPSA) is 79.4 Å². The van der Waals surface area contributed by atoms with Gasteiger partial charge in [-0.3, -0.25) is 9.78 Å². The van der Waals surface area contributed by atoms with Crippen molar-refractivity contribution in [3.8, 4) is 0 Å². The number of nitrogens with one attached hydrogen (secondary N) is 1. The van der Waals surface area contributed by atoms with Crippen LogP contribution in [0.4, 0.5) is 0 Å². The Bertz CT molecular complexity index is 771. The van der Waals surface area contributed by atoms with E-state index in [-0.39, 0.29) is 17.2 Å². The Morgan fingerprint density at radius 3 is 2.52 bits per heavy atom. The highest BCUT2D eigenvalue weighted by molar-refractivity contribution is 7.90. The van der Waals surface area contributed by atoms with E-state index in [1.165, 1.54) is 0 Å². The molecule has 1 amide bonds. The molecule has 3 fully saturated rings. The van der Waals surface area contributed by atoms with Crippen molar-refractivity contribution in [2.24, 2.45) is 5.92 Å². The molecule has 6 nitrogen and oxygen atoms in total. The summed E-state index contributed by atoms with van der Waals surface area (Å²) in [7, 11) is -3.43. The second-order valence-corrected chi connectivity index (χ2v) is 10.5. The maximum Gasteiger partial charge on any atom is 0.225 e. The smallest absolute Gasteiger partial charge is 0.225 e. The van der Waals surface area contributed by atoms with Crippen LogP contribution in [0.25, 0.3) is 0 Å². The molecule has 27 heavy (non-hydrogen) atoms. The van der Waals surface area contributed by atoms with Gasteiger partial charge in [0, 0.05) is 43.4 Å². The van der Waals surface area contributed by atoms with Crippen LogP contribution < -0.4 is 4.72 Å². The highest BCUT2D eigenvalue weighted by Gasteiger charge is 2.45. The minimum Gasteiger partial charge on any atom is -0.341 e. The predicted octanol–water partition coefficient (Wildman–Crippen LogP) is 2.21. The van der Waals surface area contributed by atoms with E-state index >= 15 is 0 Å². The molecule has 4 rings (SSSR count). The van der Waals surface area contributed by atoms with Crippen LogP contribution in [0, 0.1) is 5.92 Å². The Balaban J connectivity index is 1.37. The summed E-state index contributed by atoms with van der Waals surface area (Å²) >= 11 is 0. The summed E-state index contributed by atoms with van der Waals surface area (Å²) in [4.78, 5) is 18.5. The Kier molecular flexibility index (Phi) is 5.25. The number of likely N-dealkylation sites (tertiary alicyclic amines) is 1. The SMILES string of the molecule is O=C(C1CCCC1)N1CCC[C@H](S(=O)(=O)NCC2(c3ccncc3)CC2)C1. The van der Waals surface area contributed by atoms with Crippen molar-refractivity contribution in [2.75, 3.05) is 19.6 Å². The summed E-state index contributed by atoms with van der Waals surface area (Å²) in [5, 5.41) is -0.496. The molecule has 7 heteroatoms. The van der Waals surface area contributed by atoms with Crippen molar-refractivity contribution in [1.82, 2.24) is 14.6 Å². The van der Waals surface area contributed by atoms with Gasteiger partial charge in [-0.25, -0.2) is 13.1 Å². The molecule has 1 saturated heterocycles. The Morgan fingerprint density at radius 2 is 1.85 bits per heavy atom. The second kappa shape index (κ2) is 7.51. The Labute approximate surface area is 161 Å². The van der Waals surface area contributed by atoms with Gasteiger partial charge >= 0.3 is 0 Å². The Morgan fingerprint density at radius 1 is 1.15 bits per heavy atom. The summed E-state index contributed by atoms with van der Waals surface area (Å²) in [6, 6.07) is 3.95. The van der Waals surface area contributed by atoms with Gasteiger partial charge in [0.15, 0.2) is 0 Å². The number of piperidine rings is 1. The molecular formula is C20H29N3O3S. The number of aromatic nitrogens is 1. The van der Waals surface area contributed by atoms with E-state index < -0.39 is 15.3 Å². The van der Waals surface area contributed by atoms with Crippen molar-refractivity contribution in [2.45, 2.75) is 62.0 Å². The highest BCUT2D eigenvalue weighted by Crippen LogP contribution is 2.47. The quantitative estimate of drug-likeness (QED) is 0.806. The van der Waals surface area contributed by atoms with Gasteiger partial charge in [-0.05, 0) is 56.2 Å². The normalized spacial score (nSPS) is 25.5. The molecule has 1 aliphatic heterocycles. The number of carbonyl (C=O) groups excluding carboxylic acids is 1. The molecule has 1 aromatic rings. The van der Waals surface area contributed by atoms with Gasteiger partial charge in [-0.1, -0.05) is 12.8 Å². The molecule has 1 N–H and O–H groups in total. The van der Waals surface area contributed by atoms with Gasteiger partial charge in [0.05, 0.1) is 5.25 Å². The van der Waals surface area contributed by atoms with E-state index in [1.54, 1.807) is 17.3 Å². The lowest BCUT2D eigenvalue weighted by molar-refractivity contribution is -0.136. The van der Waals surface area contributed by atoms with E-state index in [1.807, 2.05) is 12.1 Å². The zero-order valence-electron chi connectivity index (χ0n) is 15.8. The summed E-state index contributed by atoms with van der Waals surface area (Å²) in [5.41, 5.74) is 1.08. The van der Waals surface area contributed by atoms with E-state index in [0.29, 0.717) is 26.1 Å². The van der Waals surface area contributed by atoms with Crippen LogP contribution in [0.2, 0.25) is 0 Å². The molecule has 0 spiro atoms. The fraction of sp³-hybridized carbons (Fsp3) is 0.700. The molecule has 0 unspecified atom stereocenters. The molecule has 1 atom stereocenters. The third-order valence-corrected chi connectivity index (χ3v) is 8.40. The third kappa shape index (κ3) is 4.04. The highest BCUT2D eigenvalue weighted by atomic mass is 32.2. The number of hydrogen-bond acceptors (Lipinski definition) is 4. The van der Waals surface area contributed by atoms with E-state index in [4.69, 9.17) is 0 Å². The van der Waals surface area contributed by atoms with Crippen molar-refractivity contribution < 1.29 is 13.2 Å². The second-order valence-electron chi connectivity index (χ2n) is 8.41. The number of amides is 1. The van der Waals surface area contributed by atoms with Gasteiger partial charge in [-0.15, -0.1) is 0 Å². The number of hydrogen-bond donors (Lipinski definition) is 1. The molecule has 0 bridgehead atoms. The Hall–Kier alpha value is -1.47. The van der Waals surface area contributed by atoms with Crippen LogP contribution in [0.1, 0.15) is 56.9 Å². The molecule has 2 saturated carbocycles. The molecule has 1 aromatic heterocycles. The summed E-state index contributed by atoms with van der Waals surface area (Å²) in [6.45, 7) is 1.47. The summed E-state index contributed by atoms with van der Waals surface area (Å²) in [6.07, 6.45) is 11.1. The molecule has 148 valence electrons. The number of nitrogens with zero attached hydrogens (tertiary/aromatic N) is 2. The first-order valence-electron chi connectivity index (χ1n) is 10.2. The molecule has 0 aromatic carbocycles. The molecule has 2 aliphatic carbocycles. The lowest BCUT2D eigenvalue weighted by atomic mass is 9.98. The zero-order chi connectivity index (χ0) is 18.9. The monoisotopic (exact) mass is 391 g/mol. The van der Waals surface area contributed by atoms with Crippen LogP contribution in [-0.4, -0.2) is 49.1 Å². The average Bonchev–Trinajstić information content (AvgIpc) is 3.30. The number of sulfonamides is 1. The van der Waals surface area contributed by atoms with Gasteiger partial charge in [-0.2, -0.15) is 0 Å². The van der Waals surface area contributed by atoms with Crippen molar-refractivity contribution in [1.29, 1.82) is 0 Å². The van der Waals surface area contributed by atoms with Crippen LogP contribution in [0.3, 0.4) is 0 Å². The number of rotatable bonds is 6. The van der Waals surface area contributed by atoms with Crippen molar-refractivity contribution in [3.05, 3.63) is 30.1 Å². The zero-order valence-corrected chi connectivity index (χ0v) is 16.6. The molecular weight excluding hydrogens is 362 g/mol. The molecule has 0 radical (unpaired) electrons. The van der Waals surface area contributed by atoms with E-state index in [2.05, 4.69) is 9.71 Å². The summed E-state index contributed by atoms with van der Waals surface area (Å²) in [5.74, 6) is 0.281. The van der Waals surface area contributed by atoms with Gasteiger partial charge in [0.2, 0.25) is 15.9 Å². The summed E-state index contributed by atoms with van der Waals surface area (Å²) < 4.78 is 28.7. The lowest BCUT2D eigenvalue weighted by Crippen LogP contribution is -2.50. The van der Waals surface area contributed by atoms with Crippen molar-refractivity contribution >= 4 is 15.9 Å². The maximum atomic E-state index is 12.9. The van der Waals surface area contributed by atoms with Gasteiger partial charge < -0.3 is 4.90 Å². The lowest BCUT2D eigenvalue weighted by Gasteiger charge is -2.34. The number of pyridine rings is 1. The minimum absolute atomic E-state index is 0.0793. The molecule has 3 aliphatic rings. The minimum atomic E-state index is -3.43. The van der Waals surface area contributed by atoms with Crippen LogP contribution in [-0.2, 0) is 20.2 Å². The van der Waals surface area contributed by atoms with E-state index in [9.17, 15) is 13.2 Å². The first kappa shape index (κ1) is 18.9. The first-order valence-corrected chi connectivity index (χ1v) is 11.7. The maximum absolute atomic E-state index is 12.9. The van der Waals surface area contributed by atoms with Crippen molar-refractivity contribution in [3.63, 3.8) is 0 Å². The predicted molar refractivity (Wildman–Crippen MR) is 104 cm³/mol. The van der Waals surface area contributed by atoms with Gasteiger partial charge in [0.1, 0.15) is 0 Å². The van der Waals surface area contributed by atoms with Crippen LogP contribution in [0.5, 0.6) is 0 Å². The fourth-order valence-electron chi connectivity index (χ4n) is 4.60. The fourth-order valence-corrected chi connectivity index (χ4v) is 6.17. The van der Waals surface area contributed by atoms with Gasteiger partial charge in [0.25, 0.3) is 0 Å². The first-order chi connectivity index (χ1) is 13.0. The average molecular weight is 392 g/mol. The number of carbonyl (C=O) groups is 1. The van der Waals surface area contributed by atoms with Crippen LogP contribution >= 0.6 is 0 Å². The third-order valence-electron chi connectivity index (χ3n) is 6.59. The largest absolute Gasteiger partial charge is 0.341 e. The van der Waals surface area contributed by atoms with Crippen LogP contribution in [0.15, 0.2) is 24.5 Å². The van der Waals surface area contributed by atoms with E-state index in [0.717, 1.165) is 50.5 Å². The standard InChI is InChI=1S/C20H29N3O3S/c24-19(16-4-1-2-5-16)23-13-3-6-18(14-23)27(25,26)22-15-20(9-10-20)17-7-11-21-12-8-17/h7-8,11-12,16,18,22H,1-6,9-10,13-15H2/t18-/m0/s1.